The lowest BCUT2D eigenvalue weighted by Crippen LogP contribution is -2.43. The minimum Gasteiger partial charge on any atom is -0.388 e. The van der Waals surface area contributed by atoms with Crippen LogP contribution in [-0.4, -0.2) is 77.2 Å². The first-order chi connectivity index (χ1) is 12.0. The average Bonchev–Trinajstić information content (AvgIpc) is 2.80. The molecular formula is C18H30N3O4P. The maximum atomic E-state index is 11.3. The molecule has 0 spiro atoms. The zero-order valence-corrected chi connectivity index (χ0v) is 16.9. The Balaban J connectivity index is 2.16. The monoisotopic (exact) mass is 383 g/mol. The van der Waals surface area contributed by atoms with Gasteiger partial charge in [0.25, 0.3) is 0 Å². The molecule has 0 radical (unpaired) electrons. The van der Waals surface area contributed by atoms with Crippen molar-refractivity contribution < 1.29 is 19.7 Å². The van der Waals surface area contributed by atoms with Crippen LogP contribution in [0.3, 0.4) is 0 Å². The highest BCUT2D eigenvalue weighted by atomic mass is 31.2. The normalized spacial score (nSPS) is 29.5. The molecule has 1 amide bonds. The third-order valence-corrected chi connectivity index (χ3v) is 5.91. The van der Waals surface area contributed by atoms with E-state index in [-0.39, 0.29) is 5.91 Å². The number of aliphatic hydroxyl groups excluding tert-OH is 2. The van der Waals surface area contributed by atoms with Crippen LogP contribution in [0.1, 0.15) is 26.7 Å². The molecule has 1 unspecified atom stereocenters. The number of nitrogens with zero attached hydrogens (tertiary/aromatic N) is 2. The number of rotatable bonds is 5. The van der Waals surface area contributed by atoms with E-state index >= 15 is 0 Å². The molecule has 2 heterocycles. The Morgan fingerprint density at radius 3 is 2.62 bits per heavy atom. The standard InChI is InChI=1S/C18H30N3O4P/c1-7-13-10-21(11(2)19-17(13)20-12(3)22)18-16(24)15(23)14(25-18)8-9-26(4,5)6/h10,14-16,18,23-24H,2,4,7-9H2,1,3,5-6H3,(H,19,20,22)/t14-,15-,16-,18?/m1/s1. The van der Waals surface area contributed by atoms with Crippen molar-refractivity contribution in [3.05, 3.63) is 24.2 Å². The van der Waals surface area contributed by atoms with Crippen molar-refractivity contribution in [3.63, 3.8) is 0 Å². The molecule has 26 heavy (non-hydrogen) atoms. The summed E-state index contributed by atoms with van der Waals surface area (Å²) in [7, 11) is 0. The minimum absolute atomic E-state index is 0.212. The number of nitrogens with one attached hydrogen (secondary N) is 1. The maximum absolute atomic E-state index is 11.3. The van der Waals surface area contributed by atoms with E-state index in [0.29, 0.717) is 24.5 Å². The predicted octanol–water partition coefficient (Wildman–Crippen LogP) is 1.15. The summed E-state index contributed by atoms with van der Waals surface area (Å²) < 4.78 is 5.95. The van der Waals surface area contributed by atoms with Crippen LogP contribution in [0.4, 0.5) is 0 Å². The van der Waals surface area contributed by atoms with E-state index in [1.165, 1.54) is 6.92 Å². The van der Waals surface area contributed by atoms with Gasteiger partial charge in [-0.05, 0) is 32.3 Å². The molecule has 0 saturated carbocycles. The lowest BCUT2D eigenvalue weighted by Gasteiger charge is -2.33. The molecule has 2 aliphatic heterocycles. The van der Waals surface area contributed by atoms with Crippen LogP contribution >= 0.6 is 6.89 Å². The largest absolute Gasteiger partial charge is 0.388 e. The van der Waals surface area contributed by atoms with Gasteiger partial charge in [0.05, 0.1) is 6.10 Å². The van der Waals surface area contributed by atoms with Gasteiger partial charge in [-0.25, -0.2) is 4.99 Å². The summed E-state index contributed by atoms with van der Waals surface area (Å²) in [5.74, 6) is 0.582. The van der Waals surface area contributed by atoms with Crippen LogP contribution < -0.4 is 5.32 Å². The summed E-state index contributed by atoms with van der Waals surface area (Å²) in [5.41, 5.74) is 0.797. The minimum atomic E-state index is -1.24. The SMILES string of the molecule is C=C1N=C(NC(C)=O)C(CC)=CN1C1O[C@H](CCP(=C)(C)C)[C@@H](O)[C@H]1O. The number of carbonyl (C=O) groups excluding carboxylic acids is 1. The van der Waals surface area contributed by atoms with Gasteiger partial charge in [0.1, 0.15) is 23.9 Å². The summed E-state index contributed by atoms with van der Waals surface area (Å²) in [6.07, 6.45) is 4.82. The van der Waals surface area contributed by atoms with E-state index in [2.05, 4.69) is 36.5 Å². The molecule has 1 saturated heterocycles. The lowest BCUT2D eigenvalue weighted by molar-refractivity contribution is -0.117. The van der Waals surface area contributed by atoms with Gasteiger partial charge in [0, 0.05) is 18.7 Å². The number of aliphatic hydroxyl groups is 2. The molecule has 0 bridgehead atoms. The lowest BCUT2D eigenvalue weighted by atomic mass is 10.1. The maximum Gasteiger partial charge on any atom is 0.222 e. The van der Waals surface area contributed by atoms with Crippen molar-refractivity contribution in [3.8, 4) is 0 Å². The van der Waals surface area contributed by atoms with E-state index in [4.69, 9.17) is 4.74 Å². The van der Waals surface area contributed by atoms with Crippen molar-refractivity contribution in [2.75, 3.05) is 19.5 Å². The van der Waals surface area contributed by atoms with Crippen molar-refractivity contribution in [2.45, 2.75) is 51.2 Å². The number of ether oxygens (including phenoxy) is 1. The summed E-state index contributed by atoms with van der Waals surface area (Å²) in [6.45, 7) is 10.3. The molecule has 0 aromatic rings. The van der Waals surface area contributed by atoms with Crippen LogP contribution in [0.25, 0.3) is 0 Å². The van der Waals surface area contributed by atoms with Gasteiger partial charge in [0.2, 0.25) is 5.91 Å². The molecule has 1 fully saturated rings. The quantitative estimate of drug-likeness (QED) is 0.619. The van der Waals surface area contributed by atoms with Crippen LogP contribution in [0.2, 0.25) is 0 Å². The van der Waals surface area contributed by atoms with Crippen molar-refractivity contribution in [1.82, 2.24) is 10.2 Å². The Hall–Kier alpha value is -1.40. The van der Waals surface area contributed by atoms with Crippen molar-refractivity contribution >= 4 is 24.9 Å². The molecule has 2 rings (SSSR count). The Kier molecular flexibility index (Phi) is 6.51. The van der Waals surface area contributed by atoms with Gasteiger partial charge in [-0.15, -0.1) is 13.2 Å². The van der Waals surface area contributed by atoms with E-state index in [0.717, 1.165) is 11.7 Å². The Labute approximate surface area is 155 Å². The highest BCUT2D eigenvalue weighted by molar-refractivity contribution is 7.72. The van der Waals surface area contributed by atoms with Crippen LogP contribution in [0.15, 0.2) is 29.2 Å². The van der Waals surface area contributed by atoms with E-state index in [1.807, 2.05) is 6.92 Å². The van der Waals surface area contributed by atoms with Gasteiger partial charge < -0.3 is 25.2 Å². The van der Waals surface area contributed by atoms with Gasteiger partial charge in [-0.1, -0.05) is 13.5 Å². The molecule has 0 aromatic carbocycles. The van der Waals surface area contributed by atoms with E-state index in [1.54, 1.807) is 11.1 Å². The molecule has 2 aliphatic rings. The molecule has 8 heteroatoms. The van der Waals surface area contributed by atoms with E-state index in [9.17, 15) is 15.0 Å². The average molecular weight is 383 g/mol. The molecule has 4 atom stereocenters. The summed E-state index contributed by atoms with van der Waals surface area (Å²) in [4.78, 5) is 17.3. The highest BCUT2D eigenvalue weighted by Gasteiger charge is 2.46. The second-order valence-corrected chi connectivity index (χ2v) is 11.8. The first-order valence-corrected chi connectivity index (χ1v) is 11.8. The summed E-state index contributed by atoms with van der Waals surface area (Å²) in [6, 6.07) is 0. The van der Waals surface area contributed by atoms with Crippen LogP contribution in [0.5, 0.6) is 0 Å². The molecule has 0 aliphatic carbocycles. The predicted molar refractivity (Wildman–Crippen MR) is 107 cm³/mol. The van der Waals surface area contributed by atoms with Crippen LogP contribution in [0, 0.1) is 0 Å². The zero-order chi connectivity index (χ0) is 19.6. The molecule has 3 N–H and O–H groups in total. The fourth-order valence-electron chi connectivity index (χ4n) is 2.99. The molecule has 7 nitrogen and oxygen atoms in total. The fraction of sp³-hybridized carbons (Fsp3) is 0.611. The van der Waals surface area contributed by atoms with Gasteiger partial charge in [-0.3, -0.25) is 4.79 Å². The Bertz CT molecular complexity index is 682. The number of amidine groups is 1. The Morgan fingerprint density at radius 2 is 2.08 bits per heavy atom. The van der Waals surface area contributed by atoms with Gasteiger partial charge in [-0.2, -0.15) is 0 Å². The smallest absolute Gasteiger partial charge is 0.222 e. The second-order valence-electron chi connectivity index (χ2n) is 7.47. The topological polar surface area (TPSA) is 94.4 Å². The van der Waals surface area contributed by atoms with Crippen molar-refractivity contribution in [2.24, 2.45) is 4.99 Å². The summed E-state index contributed by atoms with van der Waals surface area (Å²) >= 11 is 0. The second kappa shape index (κ2) is 8.09. The van der Waals surface area contributed by atoms with Gasteiger partial charge >= 0.3 is 0 Å². The third kappa shape index (κ3) is 4.86. The number of hydrogen-bond donors (Lipinski definition) is 3. The van der Waals surface area contributed by atoms with Crippen molar-refractivity contribution in [1.29, 1.82) is 0 Å². The number of hydrogen-bond acceptors (Lipinski definition) is 6. The number of aliphatic imine (C=N–C) groups is 1. The van der Waals surface area contributed by atoms with Gasteiger partial charge in [0.15, 0.2) is 6.23 Å². The Morgan fingerprint density at radius 1 is 1.42 bits per heavy atom. The fourth-order valence-corrected chi connectivity index (χ4v) is 3.94. The molecule has 146 valence electrons. The molecular weight excluding hydrogens is 353 g/mol. The number of carbonyl (C=O) groups is 1. The van der Waals surface area contributed by atoms with Crippen LogP contribution in [-0.2, 0) is 9.53 Å². The molecule has 0 aromatic heterocycles. The first kappa shape index (κ1) is 20.9. The first-order valence-electron chi connectivity index (χ1n) is 8.77. The van der Waals surface area contributed by atoms with E-state index < -0.39 is 31.4 Å². The highest BCUT2D eigenvalue weighted by Crippen LogP contribution is 2.39. The summed E-state index contributed by atoms with van der Waals surface area (Å²) in [5, 5.41) is 23.6. The zero-order valence-electron chi connectivity index (χ0n) is 16.0. The number of amides is 1. The third-order valence-electron chi connectivity index (χ3n) is 4.44.